The van der Waals surface area contributed by atoms with Crippen molar-refractivity contribution in [1.29, 1.82) is 0 Å². The molecule has 2 aliphatic heterocycles. The SMILES string of the molecule is CCN1CCc2nc(NC(=O)CN3CCCCC3=O)sc2C1. The van der Waals surface area contributed by atoms with E-state index in [1.807, 2.05) is 0 Å². The van der Waals surface area contributed by atoms with Gasteiger partial charge in [0.25, 0.3) is 0 Å². The van der Waals surface area contributed by atoms with Gasteiger partial charge in [0.05, 0.1) is 12.2 Å². The molecule has 120 valence electrons. The lowest BCUT2D eigenvalue weighted by Crippen LogP contribution is -2.40. The Morgan fingerprint density at radius 3 is 2.95 bits per heavy atom. The zero-order valence-electron chi connectivity index (χ0n) is 12.9. The molecule has 3 rings (SSSR count). The standard InChI is InChI=1S/C15H22N4O2S/c1-2-18-8-6-11-12(9-18)22-15(16-11)17-13(20)10-19-7-4-3-5-14(19)21/h2-10H2,1H3,(H,16,17,20). The molecule has 7 heteroatoms. The van der Waals surface area contributed by atoms with Crippen LogP contribution in [0.15, 0.2) is 0 Å². The Morgan fingerprint density at radius 1 is 1.32 bits per heavy atom. The fourth-order valence-electron chi connectivity index (χ4n) is 2.93. The molecule has 0 atom stereocenters. The number of thiazole rings is 1. The van der Waals surface area contributed by atoms with E-state index in [9.17, 15) is 9.59 Å². The quantitative estimate of drug-likeness (QED) is 0.912. The number of aromatic nitrogens is 1. The highest BCUT2D eigenvalue weighted by Gasteiger charge is 2.23. The summed E-state index contributed by atoms with van der Waals surface area (Å²) in [6.07, 6.45) is 3.42. The minimum Gasteiger partial charge on any atom is -0.333 e. The largest absolute Gasteiger partial charge is 0.333 e. The molecule has 22 heavy (non-hydrogen) atoms. The van der Waals surface area contributed by atoms with Gasteiger partial charge < -0.3 is 10.2 Å². The summed E-state index contributed by atoms with van der Waals surface area (Å²) in [5.74, 6) is -0.0629. The third-order valence-corrected chi connectivity index (χ3v) is 5.26. The molecule has 0 radical (unpaired) electrons. The molecular weight excluding hydrogens is 300 g/mol. The first-order valence-corrected chi connectivity index (χ1v) is 8.76. The smallest absolute Gasteiger partial charge is 0.245 e. The average molecular weight is 322 g/mol. The summed E-state index contributed by atoms with van der Waals surface area (Å²) in [7, 11) is 0. The molecule has 1 N–H and O–H groups in total. The summed E-state index contributed by atoms with van der Waals surface area (Å²) in [6, 6.07) is 0. The number of nitrogens with zero attached hydrogens (tertiary/aromatic N) is 3. The van der Waals surface area contributed by atoms with Crippen LogP contribution in [0.3, 0.4) is 0 Å². The Hall–Kier alpha value is -1.47. The van der Waals surface area contributed by atoms with Crippen LogP contribution in [-0.2, 0) is 22.6 Å². The van der Waals surface area contributed by atoms with Gasteiger partial charge in [0.1, 0.15) is 0 Å². The average Bonchev–Trinajstić information content (AvgIpc) is 2.90. The number of nitrogens with one attached hydrogen (secondary N) is 1. The molecule has 0 saturated carbocycles. The monoisotopic (exact) mass is 322 g/mol. The second-order valence-electron chi connectivity index (χ2n) is 5.83. The van der Waals surface area contributed by atoms with E-state index in [0.717, 1.165) is 44.6 Å². The molecule has 2 amide bonds. The van der Waals surface area contributed by atoms with Crippen molar-refractivity contribution in [3.05, 3.63) is 10.6 Å². The molecule has 3 heterocycles. The Balaban J connectivity index is 1.58. The van der Waals surface area contributed by atoms with Crippen LogP contribution >= 0.6 is 11.3 Å². The number of likely N-dealkylation sites (N-methyl/N-ethyl adjacent to an activating group) is 1. The fourth-order valence-corrected chi connectivity index (χ4v) is 4.00. The summed E-state index contributed by atoms with van der Waals surface area (Å²) in [5.41, 5.74) is 1.11. The van der Waals surface area contributed by atoms with Crippen molar-refractivity contribution in [3.8, 4) is 0 Å². The Morgan fingerprint density at radius 2 is 2.18 bits per heavy atom. The molecule has 2 aliphatic rings. The van der Waals surface area contributed by atoms with E-state index in [0.29, 0.717) is 18.1 Å². The van der Waals surface area contributed by atoms with Crippen LogP contribution in [0.1, 0.15) is 36.8 Å². The minimum absolute atomic E-state index is 0.0819. The van der Waals surface area contributed by atoms with Gasteiger partial charge in [-0.05, 0) is 19.4 Å². The lowest BCUT2D eigenvalue weighted by Gasteiger charge is -2.25. The second-order valence-corrected chi connectivity index (χ2v) is 6.91. The zero-order chi connectivity index (χ0) is 15.5. The number of carbonyl (C=O) groups excluding carboxylic acids is 2. The van der Waals surface area contributed by atoms with Crippen molar-refractivity contribution in [1.82, 2.24) is 14.8 Å². The van der Waals surface area contributed by atoms with Crippen LogP contribution in [0, 0.1) is 0 Å². The van der Waals surface area contributed by atoms with E-state index in [1.165, 1.54) is 4.88 Å². The van der Waals surface area contributed by atoms with E-state index in [2.05, 4.69) is 22.1 Å². The lowest BCUT2D eigenvalue weighted by atomic mass is 10.1. The highest BCUT2D eigenvalue weighted by atomic mass is 32.1. The maximum atomic E-state index is 12.1. The van der Waals surface area contributed by atoms with Crippen molar-refractivity contribution in [2.45, 2.75) is 39.2 Å². The molecular formula is C15H22N4O2S. The molecule has 1 fully saturated rings. The molecule has 0 unspecified atom stereocenters. The second kappa shape index (κ2) is 6.75. The third-order valence-electron chi connectivity index (χ3n) is 4.26. The third kappa shape index (κ3) is 3.47. The Kier molecular flexibility index (Phi) is 4.73. The van der Waals surface area contributed by atoms with Gasteiger partial charge in [-0.3, -0.25) is 14.5 Å². The molecule has 0 spiro atoms. The summed E-state index contributed by atoms with van der Waals surface area (Å²) in [4.78, 5) is 33.6. The maximum absolute atomic E-state index is 12.1. The number of piperidine rings is 1. The van der Waals surface area contributed by atoms with Crippen molar-refractivity contribution in [2.24, 2.45) is 0 Å². The van der Waals surface area contributed by atoms with E-state index in [-0.39, 0.29) is 18.4 Å². The first kappa shape index (κ1) is 15.4. The van der Waals surface area contributed by atoms with Gasteiger partial charge in [-0.1, -0.05) is 6.92 Å². The van der Waals surface area contributed by atoms with E-state index in [1.54, 1.807) is 16.2 Å². The number of rotatable bonds is 4. The lowest BCUT2D eigenvalue weighted by molar-refractivity contribution is -0.136. The van der Waals surface area contributed by atoms with Gasteiger partial charge in [-0.25, -0.2) is 4.98 Å². The topological polar surface area (TPSA) is 65.5 Å². The predicted molar refractivity (Wildman–Crippen MR) is 85.8 cm³/mol. The normalized spacial score (nSPS) is 19.1. The summed E-state index contributed by atoms with van der Waals surface area (Å²) in [6.45, 7) is 5.98. The van der Waals surface area contributed by atoms with Gasteiger partial charge in [-0.15, -0.1) is 11.3 Å². The van der Waals surface area contributed by atoms with Gasteiger partial charge in [0.2, 0.25) is 11.8 Å². The van der Waals surface area contributed by atoms with Gasteiger partial charge in [0, 0.05) is 37.4 Å². The number of fused-ring (bicyclic) bond motifs is 1. The van der Waals surface area contributed by atoms with Gasteiger partial charge in [0.15, 0.2) is 5.13 Å². The number of anilines is 1. The van der Waals surface area contributed by atoms with Gasteiger partial charge >= 0.3 is 0 Å². The highest BCUT2D eigenvalue weighted by molar-refractivity contribution is 7.15. The molecule has 6 nitrogen and oxygen atoms in total. The van der Waals surface area contributed by atoms with Crippen molar-refractivity contribution < 1.29 is 9.59 Å². The predicted octanol–water partition coefficient (Wildman–Crippen LogP) is 1.47. The summed E-state index contributed by atoms with van der Waals surface area (Å²) in [5, 5.41) is 3.52. The van der Waals surface area contributed by atoms with E-state index >= 15 is 0 Å². The first-order valence-electron chi connectivity index (χ1n) is 7.94. The van der Waals surface area contributed by atoms with Crippen LogP contribution in [0.5, 0.6) is 0 Å². The van der Waals surface area contributed by atoms with Crippen LogP contribution in [-0.4, -0.2) is 52.8 Å². The summed E-state index contributed by atoms with van der Waals surface area (Å²) >= 11 is 1.56. The summed E-state index contributed by atoms with van der Waals surface area (Å²) < 4.78 is 0. The molecule has 1 saturated heterocycles. The Bertz CT molecular complexity index is 572. The highest BCUT2D eigenvalue weighted by Crippen LogP contribution is 2.28. The maximum Gasteiger partial charge on any atom is 0.245 e. The number of hydrogen-bond donors (Lipinski definition) is 1. The number of hydrogen-bond acceptors (Lipinski definition) is 5. The zero-order valence-corrected chi connectivity index (χ0v) is 13.7. The fraction of sp³-hybridized carbons (Fsp3) is 0.667. The molecule has 0 aromatic carbocycles. The van der Waals surface area contributed by atoms with Crippen LogP contribution in [0.4, 0.5) is 5.13 Å². The molecule has 0 bridgehead atoms. The van der Waals surface area contributed by atoms with Crippen LogP contribution in [0.2, 0.25) is 0 Å². The molecule has 1 aromatic heterocycles. The van der Waals surface area contributed by atoms with Crippen molar-refractivity contribution >= 4 is 28.3 Å². The van der Waals surface area contributed by atoms with E-state index < -0.39 is 0 Å². The number of amides is 2. The van der Waals surface area contributed by atoms with Crippen LogP contribution < -0.4 is 5.32 Å². The molecule has 1 aromatic rings. The van der Waals surface area contributed by atoms with Gasteiger partial charge in [-0.2, -0.15) is 0 Å². The van der Waals surface area contributed by atoms with Crippen LogP contribution in [0.25, 0.3) is 0 Å². The number of likely N-dealkylation sites (tertiary alicyclic amines) is 1. The minimum atomic E-state index is -0.145. The number of carbonyl (C=O) groups is 2. The van der Waals surface area contributed by atoms with E-state index in [4.69, 9.17) is 0 Å². The Labute approximate surface area is 134 Å². The van der Waals surface area contributed by atoms with Crippen molar-refractivity contribution in [3.63, 3.8) is 0 Å². The van der Waals surface area contributed by atoms with Crippen molar-refractivity contribution in [2.75, 3.05) is 31.5 Å². The first-order chi connectivity index (χ1) is 10.7. The molecule has 0 aliphatic carbocycles.